The fraction of sp³-hybridized carbons (Fsp3) is 0.579. The van der Waals surface area contributed by atoms with E-state index in [2.05, 4.69) is 11.0 Å². The summed E-state index contributed by atoms with van der Waals surface area (Å²) in [6.07, 6.45) is 3.97. The molecule has 0 saturated carbocycles. The summed E-state index contributed by atoms with van der Waals surface area (Å²) in [7, 11) is 0. The fourth-order valence-corrected chi connectivity index (χ4v) is 4.45. The van der Waals surface area contributed by atoms with Crippen LogP contribution in [0.2, 0.25) is 0 Å². The zero-order valence-corrected chi connectivity index (χ0v) is 13.9. The third kappa shape index (κ3) is 2.81. The van der Waals surface area contributed by atoms with Gasteiger partial charge >= 0.3 is 0 Å². The third-order valence-corrected chi connectivity index (χ3v) is 5.80. The van der Waals surface area contributed by atoms with Crippen LogP contribution in [-0.4, -0.2) is 49.7 Å². The van der Waals surface area contributed by atoms with Gasteiger partial charge < -0.3 is 9.64 Å². The van der Waals surface area contributed by atoms with Crippen LogP contribution >= 0.6 is 0 Å². The number of likely N-dealkylation sites (tertiary alicyclic amines) is 1. The van der Waals surface area contributed by atoms with E-state index in [0.717, 1.165) is 57.8 Å². The molecule has 1 aromatic rings. The predicted octanol–water partition coefficient (Wildman–Crippen LogP) is 2.17. The van der Waals surface area contributed by atoms with Gasteiger partial charge in [0.15, 0.2) is 0 Å². The van der Waals surface area contributed by atoms with Gasteiger partial charge in [0.2, 0.25) is 5.91 Å². The predicted molar refractivity (Wildman–Crippen MR) is 90.6 cm³/mol. The Bertz CT molecular complexity index is 660. The van der Waals surface area contributed by atoms with E-state index in [0.29, 0.717) is 18.0 Å². The lowest BCUT2D eigenvalue weighted by atomic mass is 9.86. The van der Waals surface area contributed by atoms with Crippen molar-refractivity contribution < 1.29 is 9.53 Å². The van der Waals surface area contributed by atoms with Crippen molar-refractivity contribution in [1.82, 2.24) is 4.90 Å². The Morgan fingerprint density at radius 1 is 1.17 bits per heavy atom. The minimum Gasteiger partial charge on any atom is -0.381 e. The molecule has 5 heteroatoms. The minimum absolute atomic E-state index is 0.100. The smallest absolute Gasteiger partial charge is 0.227 e. The van der Waals surface area contributed by atoms with E-state index < -0.39 is 0 Å². The quantitative estimate of drug-likeness (QED) is 0.836. The second-order valence-corrected chi connectivity index (χ2v) is 7.38. The number of rotatable bonds is 2. The van der Waals surface area contributed by atoms with Crippen molar-refractivity contribution in [3.05, 3.63) is 29.8 Å². The Labute approximate surface area is 142 Å². The van der Waals surface area contributed by atoms with Gasteiger partial charge in [0.05, 0.1) is 11.6 Å². The van der Waals surface area contributed by atoms with Gasteiger partial charge in [-0.25, -0.2) is 0 Å². The van der Waals surface area contributed by atoms with Crippen LogP contribution in [0, 0.1) is 16.7 Å². The zero-order valence-electron chi connectivity index (χ0n) is 13.9. The lowest BCUT2D eigenvalue weighted by Crippen LogP contribution is -2.40. The molecule has 1 spiro atoms. The van der Waals surface area contributed by atoms with E-state index in [1.807, 2.05) is 17.0 Å². The Morgan fingerprint density at radius 3 is 2.62 bits per heavy atom. The topological polar surface area (TPSA) is 56.6 Å². The van der Waals surface area contributed by atoms with Gasteiger partial charge in [-0.2, -0.15) is 5.26 Å². The highest BCUT2D eigenvalue weighted by molar-refractivity contribution is 5.96. The van der Waals surface area contributed by atoms with Crippen LogP contribution < -0.4 is 4.90 Å². The molecule has 4 rings (SSSR count). The standard InChI is InChI=1S/C19H23N3O2/c20-12-15-1-3-17(4-2-15)22-14-19(11-18(22)23)7-8-21(13-19)16-5-9-24-10-6-16/h1-4,16H,5-11,13-14H2/t19-/m1/s1. The van der Waals surface area contributed by atoms with Crippen molar-refractivity contribution in [3.8, 4) is 6.07 Å². The van der Waals surface area contributed by atoms with Gasteiger partial charge in [0.1, 0.15) is 0 Å². The number of anilines is 1. The van der Waals surface area contributed by atoms with E-state index in [4.69, 9.17) is 10.00 Å². The number of carbonyl (C=O) groups excluding carboxylic acids is 1. The summed E-state index contributed by atoms with van der Waals surface area (Å²) in [4.78, 5) is 17.1. The summed E-state index contributed by atoms with van der Waals surface area (Å²) in [5.74, 6) is 0.216. The highest BCUT2D eigenvalue weighted by Gasteiger charge is 2.48. The first-order chi connectivity index (χ1) is 11.7. The maximum atomic E-state index is 12.6. The van der Waals surface area contributed by atoms with Crippen LogP contribution in [0.15, 0.2) is 24.3 Å². The van der Waals surface area contributed by atoms with E-state index in [-0.39, 0.29) is 11.3 Å². The van der Waals surface area contributed by atoms with Gasteiger partial charge in [-0.1, -0.05) is 0 Å². The maximum Gasteiger partial charge on any atom is 0.227 e. The van der Waals surface area contributed by atoms with Gasteiger partial charge in [-0.05, 0) is 50.1 Å². The Kier molecular flexibility index (Phi) is 4.03. The summed E-state index contributed by atoms with van der Waals surface area (Å²) < 4.78 is 5.48. The molecule has 0 aromatic heterocycles. The van der Waals surface area contributed by atoms with E-state index in [1.165, 1.54) is 0 Å². The number of carbonyl (C=O) groups is 1. The SMILES string of the molecule is N#Cc1ccc(N2C[C@]3(CCN(C4CCOCC4)C3)CC2=O)cc1. The second-order valence-electron chi connectivity index (χ2n) is 7.38. The van der Waals surface area contributed by atoms with Crippen molar-refractivity contribution >= 4 is 11.6 Å². The minimum atomic E-state index is 0.100. The molecule has 5 nitrogen and oxygen atoms in total. The van der Waals surface area contributed by atoms with Crippen molar-refractivity contribution in [2.45, 2.75) is 31.7 Å². The van der Waals surface area contributed by atoms with Crippen LogP contribution in [0.3, 0.4) is 0 Å². The number of hydrogen-bond acceptors (Lipinski definition) is 4. The molecule has 24 heavy (non-hydrogen) atoms. The Hall–Kier alpha value is -1.90. The lowest BCUT2D eigenvalue weighted by molar-refractivity contribution is -0.117. The summed E-state index contributed by atoms with van der Waals surface area (Å²) >= 11 is 0. The normalized spacial score (nSPS) is 28.6. The van der Waals surface area contributed by atoms with Gasteiger partial charge in [-0.3, -0.25) is 9.69 Å². The highest BCUT2D eigenvalue weighted by atomic mass is 16.5. The van der Waals surface area contributed by atoms with Crippen LogP contribution in [-0.2, 0) is 9.53 Å². The number of nitriles is 1. The first-order valence-electron chi connectivity index (χ1n) is 8.81. The lowest BCUT2D eigenvalue weighted by Gasteiger charge is -2.32. The van der Waals surface area contributed by atoms with Gasteiger partial charge in [-0.15, -0.1) is 0 Å². The molecule has 3 saturated heterocycles. The molecule has 0 N–H and O–H groups in total. The number of benzene rings is 1. The molecule has 3 aliphatic heterocycles. The molecule has 0 unspecified atom stereocenters. The molecule has 0 aliphatic carbocycles. The van der Waals surface area contributed by atoms with Crippen molar-refractivity contribution in [3.63, 3.8) is 0 Å². The molecule has 1 amide bonds. The van der Waals surface area contributed by atoms with E-state index in [1.54, 1.807) is 12.1 Å². The molecule has 3 fully saturated rings. The summed E-state index contributed by atoms with van der Waals surface area (Å²) in [6.45, 7) is 4.65. The average molecular weight is 325 g/mol. The monoisotopic (exact) mass is 325 g/mol. The summed E-state index contributed by atoms with van der Waals surface area (Å²) in [5.41, 5.74) is 1.65. The van der Waals surface area contributed by atoms with Gasteiger partial charge in [0, 0.05) is 49.9 Å². The molecular formula is C19H23N3O2. The van der Waals surface area contributed by atoms with Crippen molar-refractivity contribution in [1.29, 1.82) is 5.26 Å². The number of nitrogens with zero attached hydrogens (tertiary/aromatic N) is 3. The molecule has 0 radical (unpaired) electrons. The van der Waals surface area contributed by atoms with Crippen LogP contribution in [0.5, 0.6) is 0 Å². The van der Waals surface area contributed by atoms with Crippen molar-refractivity contribution in [2.75, 3.05) is 37.7 Å². The summed E-state index contributed by atoms with van der Waals surface area (Å²) in [6, 6.07) is 10.1. The van der Waals surface area contributed by atoms with Crippen molar-refractivity contribution in [2.24, 2.45) is 5.41 Å². The Morgan fingerprint density at radius 2 is 1.92 bits per heavy atom. The zero-order chi connectivity index (χ0) is 16.6. The van der Waals surface area contributed by atoms with Gasteiger partial charge in [0.25, 0.3) is 0 Å². The molecule has 3 heterocycles. The third-order valence-electron chi connectivity index (χ3n) is 5.80. The van der Waals surface area contributed by atoms with Crippen LogP contribution in [0.4, 0.5) is 5.69 Å². The number of hydrogen-bond donors (Lipinski definition) is 0. The first-order valence-corrected chi connectivity index (χ1v) is 8.81. The van der Waals surface area contributed by atoms with E-state index >= 15 is 0 Å². The van der Waals surface area contributed by atoms with Crippen LogP contribution in [0.1, 0.15) is 31.2 Å². The first kappa shape index (κ1) is 15.6. The Balaban J connectivity index is 1.46. The fourth-order valence-electron chi connectivity index (χ4n) is 4.45. The van der Waals surface area contributed by atoms with E-state index in [9.17, 15) is 4.79 Å². The molecule has 0 bridgehead atoms. The largest absolute Gasteiger partial charge is 0.381 e. The molecule has 3 aliphatic rings. The number of amides is 1. The molecule has 126 valence electrons. The molecule has 1 aromatic carbocycles. The highest BCUT2D eigenvalue weighted by Crippen LogP contribution is 2.43. The summed E-state index contributed by atoms with van der Waals surface area (Å²) in [5, 5.41) is 8.92. The number of ether oxygens (including phenoxy) is 1. The molecule has 1 atom stereocenters. The maximum absolute atomic E-state index is 12.6. The molecular weight excluding hydrogens is 302 g/mol. The average Bonchev–Trinajstić information content (AvgIpc) is 3.19. The van der Waals surface area contributed by atoms with Crippen LogP contribution in [0.25, 0.3) is 0 Å². The second kappa shape index (κ2) is 6.19.